The van der Waals surface area contributed by atoms with Crippen LogP contribution in [0.1, 0.15) is 38.7 Å². The van der Waals surface area contributed by atoms with Gasteiger partial charge in [-0.05, 0) is 43.0 Å². The summed E-state index contributed by atoms with van der Waals surface area (Å²) in [5.41, 5.74) is 1.63. The molecule has 0 fully saturated rings. The molecule has 1 aromatic rings. The number of carbonyl (C=O) groups excluding carboxylic acids is 4. The maximum atomic E-state index is 12.6. The number of aliphatic carboxylic acids is 1. The van der Waals surface area contributed by atoms with Gasteiger partial charge in [0.15, 0.2) is 0 Å². The predicted octanol–water partition coefficient (Wildman–Crippen LogP) is 1.77. The number of benzene rings is 1. The van der Waals surface area contributed by atoms with Gasteiger partial charge >= 0.3 is 5.97 Å². The van der Waals surface area contributed by atoms with E-state index in [-0.39, 0.29) is 42.5 Å². The molecule has 0 radical (unpaired) electrons. The summed E-state index contributed by atoms with van der Waals surface area (Å²) in [7, 11) is 0. The topological polar surface area (TPSA) is 145 Å². The van der Waals surface area contributed by atoms with Crippen molar-refractivity contribution in [2.24, 2.45) is 5.92 Å². The maximum Gasteiger partial charge on any atom is 0.304 e. The van der Waals surface area contributed by atoms with Gasteiger partial charge in [0, 0.05) is 35.9 Å². The van der Waals surface area contributed by atoms with E-state index in [9.17, 15) is 24.0 Å². The van der Waals surface area contributed by atoms with Crippen LogP contribution < -0.4 is 16.0 Å². The number of anilines is 1. The number of carbonyl (C=O) groups is 5. The fourth-order valence-corrected chi connectivity index (χ4v) is 4.34. The summed E-state index contributed by atoms with van der Waals surface area (Å²) in [6, 6.07) is 6.79. The van der Waals surface area contributed by atoms with Gasteiger partial charge in [0.1, 0.15) is 0 Å². The van der Waals surface area contributed by atoms with Crippen LogP contribution in [0, 0.1) is 5.92 Å². The lowest BCUT2D eigenvalue weighted by molar-refractivity contribution is -0.137. The summed E-state index contributed by atoms with van der Waals surface area (Å²) < 4.78 is 0. The van der Waals surface area contributed by atoms with Crippen molar-refractivity contribution in [2.45, 2.75) is 44.9 Å². The number of hydrogen-bond donors (Lipinski definition) is 4. The van der Waals surface area contributed by atoms with Crippen molar-refractivity contribution in [3.05, 3.63) is 42.0 Å². The molecule has 1 aromatic carbocycles. The van der Waals surface area contributed by atoms with Gasteiger partial charge in [0.2, 0.25) is 11.8 Å². The van der Waals surface area contributed by atoms with Crippen LogP contribution in [0.5, 0.6) is 0 Å². The average molecular weight is 519 g/mol. The highest BCUT2D eigenvalue weighted by Crippen LogP contribution is 2.16. The molecule has 2 rings (SSSR count). The van der Waals surface area contributed by atoms with Gasteiger partial charge in [0.25, 0.3) is 11.8 Å². The number of nitrogens with one attached hydrogen (secondary N) is 3. The molecule has 11 heteroatoms. The van der Waals surface area contributed by atoms with Gasteiger partial charge in [-0.2, -0.15) is 11.8 Å². The third kappa shape index (κ3) is 10.2. The molecular weight excluding hydrogens is 484 g/mol. The molecule has 36 heavy (non-hydrogen) atoms. The van der Waals surface area contributed by atoms with Gasteiger partial charge in [0.05, 0.1) is 19.0 Å². The number of amides is 4. The molecular formula is C25H34N4O6S. The normalized spacial score (nSPS) is 13.8. The molecule has 10 nitrogen and oxygen atoms in total. The van der Waals surface area contributed by atoms with E-state index in [1.165, 1.54) is 28.8 Å². The van der Waals surface area contributed by atoms with Crippen LogP contribution in [0.2, 0.25) is 0 Å². The Bertz CT molecular complexity index is 946. The molecule has 4 amide bonds. The minimum atomic E-state index is -0.813. The first kappa shape index (κ1) is 29.1. The summed E-state index contributed by atoms with van der Waals surface area (Å²) in [4.78, 5) is 59.8. The summed E-state index contributed by atoms with van der Waals surface area (Å²) in [5.74, 6) is -0.801. The summed E-state index contributed by atoms with van der Waals surface area (Å²) >= 11 is 1.53. The monoisotopic (exact) mass is 518 g/mol. The first-order valence-electron chi connectivity index (χ1n) is 11.9. The second kappa shape index (κ2) is 15.0. The zero-order chi connectivity index (χ0) is 26.5. The molecule has 0 bridgehead atoms. The Morgan fingerprint density at radius 1 is 1.03 bits per heavy atom. The van der Waals surface area contributed by atoms with Crippen LogP contribution in [-0.2, 0) is 29.7 Å². The first-order valence-corrected chi connectivity index (χ1v) is 13.1. The number of rotatable bonds is 16. The highest BCUT2D eigenvalue weighted by molar-refractivity contribution is 7.98. The molecule has 4 N–H and O–H groups in total. The number of imide groups is 1. The number of nitrogens with zero attached hydrogens (tertiary/aromatic N) is 1. The first-order chi connectivity index (χ1) is 17.2. The Morgan fingerprint density at radius 3 is 2.31 bits per heavy atom. The van der Waals surface area contributed by atoms with Crippen LogP contribution in [0.15, 0.2) is 36.4 Å². The zero-order valence-corrected chi connectivity index (χ0v) is 21.4. The molecule has 1 heterocycles. The Kier molecular flexibility index (Phi) is 12.1. The van der Waals surface area contributed by atoms with E-state index in [1.807, 2.05) is 26.0 Å². The fourth-order valence-electron chi connectivity index (χ4n) is 3.45. The molecule has 0 spiro atoms. The smallest absolute Gasteiger partial charge is 0.304 e. The predicted molar refractivity (Wildman–Crippen MR) is 138 cm³/mol. The van der Waals surface area contributed by atoms with Crippen LogP contribution in [0.25, 0.3) is 0 Å². The van der Waals surface area contributed by atoms with E-state index < -0.39 is 12.0 Å². The van der Waals surface area contributed by atoms with E-state index in [4.69, 9.17) is 5.11 Å². The quantitative estimate of drug-likeness (QED) is 0.191. The van der Waals surface area contributed by atoms with Crippen molar-refractivity contribution >= 4 is 47.0 Å². The second-order valence-electron chi connectivity index (χ2n) is 8.70. The molecule has 1 aliphatic rings. The van der Waals surface area contributed by atoms with Crippen LogP contribution in [-0.4, -0.2) is 71.0 Å². The number of hydrogen-bond acceptors (Lipinski definition) is 7. The molecule has 196 valence electrons. The minimum Gasteiger partial charge on any atom is -0.481 e. The van der Waals surface area contributed by atoms with Crippen molar-refractivity contribution < 1.29 is 29.1 Å². The maximum absolute atomic E-state index is 12.6. The van der Waals surface area contributed by atoms with Crippen molar-refractivity contribution in [1.82, 2.24) is 15.5 Å². The Hall–Kier alpha value is -3.18. The summed E-state index contributed by atoms with van der Waals surface area (Å²) in [5, 5.41) is 17.3. The Morgan fingerprint density at radius 2 is 1.69 bits per heavy atom. The summed E-state index contributed by atoms with van der Waals surface area (Å²) in [6.07, 6.45) is 3.96. The van der Waals surface area contributed by atoms with Crippen molar-refractivity contribution in [1.29, 1.82) is 0 Å². The minimum absolute atomic E-state index is 0.0000818. The SMILES string of the molecule is CC(C)[C@H](NCCCCN1C(=O)C=CC1=O)C(=O)NCC(=O)Nc1ccc(CSCCC(=O)O)cc1. The largest absolute Gasteiger partial charge is 0.481 e. The fraction of sp³-hybridized carbons (Fsp3) is 0.480. The number of carboxylic acids is 1. The van der Waals surface area contributed by atoms with E-state index in [2.05, 4.69) is 16.0 Å². The number of unbranched alkanes of at least 4 members (excludes halogenated alkanes) is 1. The lowest BCUT2D eigenvalue weighted by Crippen LogP contribution is -2.49. The van der Waals surface area contributed by atoms with E-state index in [0.29, 0.717) is 43.1 Å². The third-order valence-electron chi connectivity index (χ3n) is 5.41. The van der Waals surface area contributed by atoms with Crippen molar-refractivity contribution in [2.75, 3.05) is 30.7 Å². The van der Waals surface area contributed by atoms with Crippen LogP contribution in [0.3, 0.4) is 0 Å². The van der Waals surface area contributed by atoms with Crippen LogP contribution >= 0.6 is 11.8 Å². The Balaban J connectivity index is 1.67. The van der Waals surface area contributed by atoms with Crippen LogP contribution in [0.4, 0.5) is 5.69 Å². The van der Waals surface area contributed by atoms with E-state index in [0.717, 1.165) is 5.56 Å². The average Bonchev–Trinajstić information content (AvgIpc) is 3.15. The zero-order valence-electron chi connectivity index (χ0n) is 20.6. The molecule has 1 aliphatic heterocycles. The van der Waals surface area contributed by atoms with Gasteiger partial charge < -0.3 is 21.1 Å². The van der Waals surface area contributed by atoms with E-state index in [1.54, 1.807) is 12.1 Å². The lowest BCUT2D eigenvalue weighted by atomic mass is 10.0. The highest BCUT2D eigenvalue weighted by atomic mass is 32.2. The molecule has 0 aliphatic carbocycles. The van der Waals surface area contributed by atoms with Gasteiger partial charge in [-0.25, -0.2) is 0 Å². The molecule has 0 aromatic heterocycles. The molecule has 1 atom stereocenters. The van der Waals surface area contributed by atoms with Gasteiger partial charge in [-0.1, -0.05) is 26.0 Å². The van der Waals surface area contributed by atoms with Gasteiger partial charge in [-0.3, -0.25) is 28.9 Å². The number of carboxylic acid groups (broad SMARTS) is 1. The molecule has 0 saturated heterocycles. The third-order valence-corrected chi connectivity index (χ3v) is 6.44. The van der Waals surface area contributed by atoms with Crippen molar-refractivity contribution in [3.63, 3.8) is 0 Å². The summed E-state index contributed by atoms with van der Waals surface area (Å²) in [6.45, 7) is 4.53. The van der Waals surface area contributed by atoms with E-state index >= 15 is 0 Å². The Labute approximate surface area is 215 Å². The highest BCUT2D eigenvalue weighted by Gasteiger charge is 2.23. The standard InChI is InChI=1S/C25H34N4O6S/c1-17(2)24(26-12-3-4-13-29-21(31)9-10-22(29)32)25(35)27-15-20(30)28-19-7-5-18(6-8-19)16-36-14-11-23(33)34/h5-10,17,24,26H,3-4,11-16H2,1-2H3,(H,27,35)(H,28,30)(H,33,34)/t24-/m0/s1. The van der Waals surface area contributed by atoms with Gasteiger partial charge in [-0.15, -0.1) is 0 Å². The second-order valence-corrected chi connectivity index (χ2v) is 9.81. The molecule has 0 saturated carbocycles. The molecule has 0 unspecified atom stereocenters. The lowest BCUT2D eigenvalue weighted by Gasteiger charge is -2.22. The van der Waals surface area contributed by atoms with Crippen molar-refractivity contribution in [3.8, 4) is 0 Å². The number of thioether (sulfide) groups is 1.